The second-order valence-corrected chi connectivity index (χ2v) is 13.6. The summed E-state index contributed by atoms with van der Waals surface area (Å²) in [5.74, 6) is 0.0909. The minimum absolute atomic E-state index is 0.0606. The van der Waals surface area contributed by atoms with E-state index in [1.165, 1.54) is 10.7 Å². The predicted octanol–water partition coefficient (Wildman–Crippen LogP) is 2.32. The number of nitriles is 1. The fraction of sp³-hybridized carbons (Fsp3) is 0.560. The minimum Gasteiger partial charge on any atom is -0.380 e. The van der Waals surface area contributed by atoms with Gasteiger partial charge in [0.15, 0.2) is 5.01 Å². The van der Waals surface area contributed by atoms with E-state index in [1.54, 1.807) is 6.07 Å². The fourth-order valence-electron chi connectivity index (χ4n) is 5.30. The molecule has 2 aliphatic carbocycles. The first kappa shape index (κ1) is 26.6. The average Bonchev–Trinajstić information content (AvgIpc) is 3.83. The summed E-state index contributed by atoms with van der Waals surface area (Å²) >= 11 is 0.699. The monoisotopic (exact) mass is 604 g/mol. The molecule has 2 aromatic heterocycles. The standard InChI is InChI=1S/C25H26F2N8O4S2/c26-21(27)22-29-30-24(40-22)35-18-10-16(41(37,38)32-25(13-28)3-4-25)9-17(19(18)20(31-35)14-1-2-14)33-5-7-34(8-6-33)23(36)15-11-39-12-15/h9-10,14-15,21,32H,1-8,11-12H2. The number of halogens is 2. The smallest absolute Gasteiger partial charge is 0.291 e. The topological polar surface area (TPSA) is 146 Å². The van der Waals surface area contributed by atoms with E-state index in [2.05, 4.69) is 21.0 Å². The summed E-state index contributed by atoms with van der Waals surface area (Å²) in [6.45, 7) is 2.72. The van der Waals surface area contributed by atoms with Crippen LogP contribution in [0.2, 0.25) is 0 Å². The van der Waals surface area contributed by atoms with E-state index in [9.17, 15) is 27.3 Å². The van der Waals surface area contributed by atoms with Gasteiger partial charge in [-0.1, -0.05) is 11.3 Å². The summed E-state index contributed by atoms with van der Waals surface area (Å²) in [6, 6.07) is 5.11. The van der Waals surface area contributed by atoms with Crippen molar-refractivity contribution in [2.45, 2.75) is 48.5 Å². The van der Waals surface area contributed by atoms with Crippen LogP contribution in [0.1, 0.15) is 48.7 Å². The van der Waals surface area contributed by atoms with Crippen LogP contribution < -0.4 is 9.62 Å². The van der Waals surface area contributed by atoms with Crippen LogP contribution in [0.4, 0.5) is 14.5 Å². The first-order chi connectivity index (χ1) is 19.7. The molecular formula is C25H26F2N8O4S2. The lowest BCUT2D eigenvalue weighted by molar-refractivity contribution is -0.150. The third-order valence-electron chi connectivity index (χ3n) is 8.05. The third-order valence-corrected chi connectivity index (χ3v) is 10.5. The molecule has 4 fully saturated rings. The van der Waals surface area contributed by atoms with Crippen LogP contribution in [0.3, 0.4) is 0 Å². The number of carbonyl (C=O) groups is 1. The van der Waals surface area contributed by atoms with Crippen LogP contribution in [0.25, 0.3) is 16.0 Å². The highest BCUT2D eigenvalue weighted by atomic mass is 32.2. The van der Waals surface area contributed by atoms with Gasteiger partial charge in [0.1, 0.15) is 5.54 Å². The Morgan fingerprint density at radius 1 is 1.17 bits per heavy atom. The molecule has 0 spiro atoms. The van der Waals surface area contributed by atoms with E-state index < -0.39 is 27.0 Å². The number of hydrogen-bond donors (Lipinski definition) is 1. The number of carbonyl (C=O) groups excluding carboxylic acids is 1. The molecule has 0 bridgehead atoms. The molecule has 2 saturated carbocycles. The molecule has 4 aliphatic rings. The Labute approximate surface area is 237 Å². The van der Waals surface area contributed by atoms with Gasteiger partial charge in [-0.3, -0.25) is 4.79 Å². The summed E-state index contributed by atoms with van der Waals surface area (Å²) < 4.78 is 63.0. The van der Waals surface area contributed by atoms with Crippen molar-refractivity contribution in [2.24, 2.45) is 5.92 Å². The van der Waals surface area contributed by atoms with Crippen molar-refractivity contribution in [3.8, 4) is 11.2 Å². The number of nitrogens with zero attached hydrogens (tertiary/aromatic N) is 7. The summed E-state index contributed by atoms with van der Waals surface area (Å²) in [6.07, 6.45) is -0.146. The zero-order chi connectivity index (χ0) is 28.5. The maximum atomic E-state index is 13.6. The normalized spacial score (nSPS) is 20.8. The quantitative estimate of drug-likeness (QED) is 0.409. The average molecular weight is 605 g/mol. The second-order valence-electron chi connectivity index (χ2n) is 11.0. The van der Waals surface area contributed by atoms with Crippen LogP contribution in [0.5, 0.6) is 0 Å². The maximum Gasteiger partial charge on any atom is 0.291 e. The van der Waals surface area contributed by atoms with Gasteiger partial charge in [-0.2, -0.15) is 15.1 Å². The highest BCUT2D eigenvalue weighted by Gasteiger charge is 2.47. The van der Waals surface area contributed by atoms with Crippen LogP contribution in [-0.2, 0) is 19.6 Å². The van der Waals surface area contributed by atoms with Crippen molar-refractivity contribution >= 4 is 43.9 Å². The Hall–Kier alpha value is -3.26. The lowest BCUT2D eigenvalue weighted by Crippen LogP contribution is -2.53. The molecule has 4 heterocycles. The summed E-state index contributed by atoms with van der Waals surface area (Å²) in [7, 11) is -4.13. The molecule has 41 heavy (non-hydrogen) atoms. The van der Waals surface area contributed by atoms with E-state index in [1.807, 2.05) is 9.80 Å². The Morgan fingerprint density at radius 2 is 1.90 bits per heavy atom. The van der Waals surface area contributed by atoms with E-state index >= 15 is 0 Å². The molecule has 16 heteroatoms. The molecule has 0 atom stereocenters. The Morgan fingerprint density at radius 3 is 2.46 bits per heavy atom. The zero-order valence-electron chi connectivity index (χ0n) is 21.8. The Balaban J connectivity index is 1.33. The van der Waals surface area contributed by atoms with Crippen molar-refractivity contribution in [2.75, 3.05) is 44.3 Å². The molecule has 216 valence electrons. The van der Waals surface area contributed by atoms with Gasteiger partial charge in [-0.25, -0.2) is 21.9 Å². The van der Waals surface area contributed by atoms with E-state index in [0.29, 0.717) is 74.8 Å². The number of amides is 1. The lowest BCUT2D eigenvalue weighted by Gasteiger charge is -2.39. The van der Waals surface area contributed by atoms with E-state index in [0.717, 1.165) is 23.9 Å². The van der Waals surface area contributed by atoms with Crippen LogP contribution >= 0.6 is 11.3 Å². The van der Waals surface area contributed by atoms with Gasteiger partial charge in [-0.15, -0.1) is 10.2 Å². The van der Waals surface area contributed by atoms with Crippen LogP contribution in [0, 0.1) is 17.2 Å². The van der Waals surface area contributed by atoms with Crippen molar-refractivity contribution in [1.82, 2.24) is 29.6 Å². The molecule has 1 aromatic carbocycles. The Bertz CT molecular complexity index is 1680. The largest absolute Gasteiger partial charge is 0.380 e. The highest BCUT2D eigenvalue weighted by Crippen LogP contribution is 2.47. The van der Waals surface area contributed by atoms with Gasteiger partial charge < -0.3 is 14.5 Å². The molecule has 1 amide bonds. The van der Waals surface area contributed by atoms with Crippen molar-refractivity contribution in [3.05, 3.63) is 22.8 Å². The van der Waals surface area contributed by atoms with Gasteiger partial charge in [0, 0.05) is 43.2 Å². The molecule has 2 saturated heterocycles. The van der Waals surface area contributed by atoms with Gasteiger partial charge >= 0.3 is 0 Å². The lowest BCUT2D eigenvalue weighted by atomic mass is 10.1. The molecule has 7 rings (SSSR count). The molecule has 2 aliphatic heterocycles. The molecule has 12 nitrogen and oxygen atoms in total. The summed E-state index contributed by atoms with van der Waals surface area (Å²) in [5.41, 5.74) is 0.668. The van der Waals surface area contributed by atoms with Gasteiger partial charge in [0.25, 0.3) is 6.43 Å². The van der Waals surface area contributed by atoms with Crippen LogP contribution in [-0.4, -0.2) is 84.1 Å². The number of piperazine rings is 1. The number of alkyl halides is 2. The Kier molecular flexibility index (Phi) is 6.27. The molecule has 1 N–H and O–H groups in total. The third kappa shape index (κ3) is 4.74. The van der Waals surface area contributed by atoms with Gasteiger partial charge in [-0.05, 0) is 37.8 Å². The number of ether oxygens (including phenoxy) is 1. The fourth-order valence-corrected chi connectivity index (χ4v) is 7.38. The maximum absolute atomic E-state index is 13.6. The first-order valence-corrected chi connectivity index (χ1v) is 15.7. The molecule has 0 unspecified atom stereocenters. The number of fused-ring (bicyclic) bond motifs is 1. The summed E-state index contributed by atoms with van der Waals surface area (Å²) in [4.78, 5) is 16.6. The van der Waals surface area contributed by atoms with E-state index in [-0.39, 0.29) is 27.8 Å². The minimum atomic E-state index is -4.13. The van der Waals surface area contributed by atoms with E-state index in [4.69, 9.17) is 9.84 Å². The van der Waals surface area contributed by atoms with Crippen LogP contribution in [0.15, 0.2) is 17.0 Å². The first-order valence-electron chi connectivity index (χ1n) is 13.4. The van der Waals surface area contributed by atoms with Crippen molar-refractivity contribution < 1.29 is 26.7 Å². The zero-order valence-corrected chi connectivity index (χ0v) is 23.4. The second kappa shape index (κ2) is 9.65. The number of hydrogen-bond acceptors (Lipinski definition) is 10. The molecule has 0 radical (unpaired) electrons. The van der Waals surface area contributed by atoms with Gasteiger partial charge in [0.05, 0.1) is 41.3 Å². The molecule has 3 aromatic rings. The predicted molar refractivity (Wildman–Crippen MR) is 142 cm³/mol. The van der Waals surface area contributed by atoms with Gasteiger partial charge in [0.2, 0.25) is 21.1 Å². The summed E-state index contributed by atoms with van der Waals surface area (Å²) in [5, 5.41) is 22.2. The number of rotatable bonds is 8. The SMILES string of the molecule is N#CC1(NS(=O)(=O)c2cc(N3CCN(C(=O)C4COC4)CC3)c3c(C4CC4)nn(-c4nnc(C(F)F)s4)c3c2)CC1. The number of benzene rings is 1. The van der Waals surface area contributed by atoms with Crippen molar-refractivity contribution in [3.63, 3.8) is 0 Å². The number of sulfonamides is 1. The number of aromatic nitrogens is 4. The number of anilines is 1. The van der Waals surface area contributed by atoms with Crippen molar-refractivity contribution in [1.29, 1.82) is 5.26 Å². The highest BCUT2D eigenvalue weighted by molar-refractivity contribution is 7.89. The number of nitrogens with one attached hydrogen (secondary N) is 1. The molecular weight excluding hydrogens is 578 g/mol.